The Morgan fingerprint density at radius 2 is 1.92 bits per heavy atom. The van der Waals surface area contributed by atoms with Gasteiger partial charge in [0.2, 0.25) is 0 Å². The van der Waals surface area contributed by atoms with Crippen molar-refractivity contribution in [3.05, 3.63) is 54.9 Å². The third kappa shape index (κ3) is 3.67. The number of fused-ring (bicyclic) bond motifs is 1. The van der Waals surface area contributed by atoms with Crippen LogP contribution in [0.15, 0.2) is 38.0 Å². The fourth-order valence-corrected chi connectivity index (χ4v) is 3.34. The lowest BCUT2D eigenvalue weighted by molar-refractivity contribution is 0.0819. The lowest BCUT2D eigenvalue weighted by Gasteiger charge is -2.33. The molecule has 0 unspecified atom stereocenters. The Labute approximate surface area is 144 Å². The van der Waals surface area contributed by atoms with E-state index in [4.69, 9.17) is 0 Å². The van der Waals surface area contributed by atoms with Gasteiger partial charge in [-0.2, -0.15) is 5.10 Å². The van der Waals surface area contributed by atoms with E-state index < -0.39 is 0 Å². The summed E-state index contributed by atoms with van der Waals surface area (Å²) in [6.07, 6.45) is 8.48. The van der Waals surface area contributed by atoms with Crippen molar-refractivity contribution in [1.29, 1.82) is 0 Å². The first kappa shape index (κ1) is 18.2. The van der Waals surface area contributed by atoms with E-state index in [1.807, 2.05) is 22.9 Å². The van der Waals surface area contributed by atoms with Crippen LogP contribution in [-0.2, 0) is 19.4 Å². The van der Waals surface area contributed by atoms with Gasteiger partial charge < -0.3 is 4.90 Å². The summed E-state index contributed by atoms with van der Waals surface area (Å²) in [6, 6.07) is 0.378. The van der Waals surface area contributed by atoms with E-state index in [9.17, 15) is 4.79 Å². The number of hydrogen-bond donors (Lipinski definition) is 0. The van der Waals surface area contributed by atoms with E-state index in [-0.39, 0.29) is 5.91 Å². The van der Waals surface area contributed by atoms with Crippen LogP contribution in [0.3, 0.4) is 0 Å². The molecule has 0 aliphatic heterocycles. The van der Waals surface area contributed by atoms with Crippen LogP contribution in [0.1, 0.15) is 28.2 Å². The van der Waals surface area contributed by atoms with E-state index in [1.165, 1.54) is 5.69 Å². The normalized spacial score (nSPS) is 16.5. The van der Waals surface area contributed by atoms with Crippen molar-refractivity contribution in [1.82, 2.24) is 19.6 Å². The van der Waals surface area contributed by atoms with Crippen LogP contribution in [0.5, 0.6) is 0 Å². The average Bonchev–Trinajstić information content (AvgIpc) is 2.92. The van der Waals surface area contributed by atoms with Crippen LogP contribution >= 0.6 is 0 Å². The monoisotopic (exact) mass is 328 g/mol. The summed E-state index contributed by atoms with van der Waals surface area (Å²) in [5, 5.41) is 4.58. The van der Waals surface area contributed by atoms with E-state index in [2.05, 4.69) is 29.7 Å². The summed E-state index contributed by atoms with van der Waals surface area (Å²) in [5.41, 5.74) is 2.84. The molecular weight excluding hydrogens is 300 g/mol. The van der Waals surface area contributed by atoms with Crippen LogP contribution in [0.2, 0.25) is 0 Å². The molecule has 1 amide bonds. The Balaban J connectivity index is 2.36. The largest absolute Gasteiger partial charge is 0.343 e. The van der Waals surface area contributed by atoms with Gasteiger partial charge in [-0.3, -0.25) is 14.4 Å². The lowest BCUT2D eigenvalue weighted by atomic mass is 9.90. The highest BCUT2D eigenvalue weighted by atomic mass is 16.2. The minimum absolute atomic E-state index is 0.0336. The average molecular weight is 328 g/mol. The molecule has 0 radical (unpaired) electrons. The molecule has 0 spiro atoms. The van der Waals surface area contributed by atoms with Crippen molar-refractivity contribution >= 4 is 5.91 Å². The molecular formula is C19H28N4O. The van der Waals surface area contributed by atoms with Crippen LogP contribution in [0.25, 0.3) is 0 Å². The molecule has 0 saturated heterocycles. The maximum absolute atomic E-state index is 12.5. The van der Waals surface area contributed by atoms with Gasteiger partial charge in [-0.25, -0.2) is 0 Å². The number of allylic oxidation sites excluding steroid dienone is 1. The van der Waals surface area contributed by atoms with Crippen LogP contribution < -0.4 is 0 Å². The van der Waals surface area contributed by atoms with Gasteiger partial charge in [0.25, 0.3) is 5.91 Å². The van der Waals surface area contributed by atoms with Gasteiger partial charge in [0, 0.05) is 44.5 Å². The first-order valence-corrected chi connectivity index (χ1v) is 8.40. The molecule has 0 aromatic carbocycles. The van der Waals surface area contributed by atoms with Crippen molar-refractivity contribution in [2.75, 3.05) is 27.2 Å². The molecule has 5 heteroatoms. The summed E-state index contributed by atoms with van der Waals surface area (Å²) in [4.78, 5) is 16.5. The second-order valence-corrected chi connectivity index (χ2v) is 6.37. The Morgan fingerprint density at radius 3 is 2.46 bits per heavy atom. The van der Waals surface area contributed by atoms with Gasteiger partial charge in [0.05, 0.1) is 6.54 Å². The predicted octanol–water partition coefficient (Wildman–Crippen LogP) is 2.30. The Bertz CT molecular complexity index is 620. The third-order valence-electron chi connectivity index (χ3n) is 4.47. The fraction of sp³-hybridized carbons (Fsp3) is 0.474. The Kier molecular flexibility index (Phi) is 6.15. The summed E-state index contributed by atoms with van der Waals surface area (Å²) in [6.45, 7) is 13.8. The quantitative estimate of drug-likeness (QED) is 0.688. The van der Waals surface area contributed by atoms with Gasteiger partial charge in [0.15, 0.2) is 5.69 Å². The van der Waals surface area contributed by atoms with Gasteiger partial charge in [0.1, 0.15) is 0 Å². The van der Waals surface area contributed by atoms with E-state index in [1.54, 1.807) is 19.0 Å². The number of hydrogen-bond acceptors (Lipinski definition) is 3. The fourth-order valence-electron chi connectivity index (χ4n) is 3.34. The zero-order chi connectivity index (χ0) is 17.7. The molecule has 0 saturated carbocycles. The number of carbonyl (C=O) groups excluding carboxylic acids is 1. The smallest absolute Gasteiger partial charge is 0.274 e. The maximum Gasteiger partial charge on any atom is 0.274 e. The molecule has 0 fully saturated rings. The van der Waals surface area contributed by atoms with Gasteiger partial charge in [-0.05, 0) is 19.3 Å². The third-order valence-corrected chi connectivity index (χ3v) is 4.47. The highest BCUT2D eigenvalue weighted by Crippen LogP contribution is 2.28. The van der Waals surface area contributed by atoms with Crippen molar-refractivity contribution < 1.29 is 4.79 Å². The molecule has 1 atom stereocenters. The molecule has 0 bridgehead atoms. The number of aromatic nitrogens is 2. The van der Waals surface area contributed by atoms with Gasteiger partial charge >= 0.3 is 0 Å². The zero-order valence-corrected chi connectivity index (χ0v) is 14.9. The topological polar surface area (TPSA) is 41.4 Å². The maximum atomic E-state index is 12.5. The second-order valence-electron chi connectivity index (χ2n) is 6.37. The Morgan fingerprint density at radius 1 is 1.25 bits per heavy atom. The minimum atomic E-state index is -0.0336. The Hall–Kier alpha value is -2.14. The van der Waals surface area contributed by atoms with Crippen molar-refractivity contribution in [2.24, 2.45) is 0 Å². The number of carbonyl (C=O) groups is 1. The lowest BCUT2D eigenvalue weighted by Crippen LogP contribution is -2.40. The van der Waals surface area contributed by atoms with Crippen LogP contribution in [-0.4, -0.2) is 58.7 Å². The van der Waals surface area contributed by atoms with E-state index in [0.29, 0.717) is 18.3 Å². The first-order valence-electron chi connectivity index (χ1n) is 8.40. The second kappa shape index (κ2) is 8.11. The molecule has 24 heavy (non-hydrogen) atoms. The summed E-state index contributed by atoms with van der Waals surface area (Å²) in [5.74, 6) is -0.0336. The van der Waals surface area contributed by atoms with Crippen LogP contribution in [0.4, 0.5) is 0 Å². The molecule has 1 aromatic heterocycles. The minimum Gasteiger partial charge on any atom is -0.343 e. The number of nitrogens with zero attached hydrogens (tertiary/aromatic N) is 4. The highest BCUT2D eigenvalue weighted by molar-refractivity contribution is 5.93. The van der Waals surface area contributed by atoms with E-state index in [0.717, 1.165) is 37.9 Å². The standard InChI is InChI=1S/C19H28N4O/c1-6-11-22(12-7-2)15-9-10-17-16(14-15)18(19(24)21(4)5)20-23(17)13-8-3/h6-8,15H,1-3,9-14H2,4-5H3/t15-/m0/s1. The van der Waals surface area contributed by atoms with Crippen molar-refractivity contribution in [3.63, 3.8) is 0 Å². The first-order chi connectivity index (χ1) is 11.5. The van der Waals surface area contributed by atoms with Crippen LogP contribution in [0, 0.1) is 0 Å². The molecule has 5 nitrogen and oxygen atoms in total. The summed E-state index contributed by atoms with van der Waals surface area (Å²) in [7, 11) is 3.53. The molecule has 0 N–H and O–H groups in total. The van der Waals surface area contributed by atoms with Gasteiger partial charge in [-0.15, -0.1) is 19.7 Å². The summed E-state index contributed by atoms with van der Waals surface area (Å²) >= 11 is 0. The molecule has 1 aromatic rings. The molecule has 130 valence electrons. The molecule has 1 heterocycles. The highest BCUT2D eigenvalue weighted by Gasteiger charge is 2.31. The predicted molar refractivity (Wildman–Crippen MR) is 98.2 cm³/mol. The van der Waals surface area contributed by atoms with Crippen molar-refractivity contribution in [2.45, 2.75) is 31.8 Å². The number of amides is 1. The number of rotatable bonds is 8. The zero-order valence-electron chi connectivity index (χ0n) is 14.9. The van der Waals surface area contributed by atoms with Crippen molar-refractivity contribution in [3.8, 4) is 0 Å². The molecule has 1 aliphatic carbocycles. The molecule has 2 rings (SSSR count). The SMILES string of the molecule is C=CCN(CC=C)[C@H]1CCc2c(c(C(=O)N(C)C)nn2CC=C)C1. The van der Waals surface area contributed by atoms with E-state index >= 15 is 0 Å². The van der Waals surface area contributed by atoms with Gasteiger partial charge in [-0.1, -0.05) is 18.2 Å². The summed E-state index contributed by atoms with van der Waals surface area (Å²) < 4.78 is 1.93. The molecule has 1 aliphatic rings.